The van der Waals surface area contributed by atoms with E-state index in [2.05, 4.69) is 24.1 Å². The maximum atomic E-state index is 12.3. The summed E-state index contributed by atoms with van der Waals surface area (Å²) in [6.07, 6.45) is 3.61. The maximum absolute atomic E-state index is 12.3. The molecule has 0 aromatic carbocycles. The number of amides is 2. The molecular formula is C14H25N3O3S. The molecule has 0 aliphatic carbocycles. The molecule has 1 fully saturated rings. The van der Waals surface area contributed by atoms with Gasteiger partial charge in [0, 0.05) is 18.6 Å². The van der Waals surface area contributed by atoms with Crippen LogP contribution in [-0.2, 0) is 9.47 Å². The number of carbonyl (C=O) groups excluding carboxylic acids is 1. The first-order chi connectivity index (χ1) is 10.2. The highest BCUT2D eigenvalue weighted by Gasteiger charge is 2.35. The minimum Gasteiger partial charge on any atom is -0.378 e. The minimum absolute atomic E-state index is 0.0108. The summed E-state index contributed by atoms with van der Waals surface area (Å²) in [5.41, 5.74) is 0.0108. The van der Waals surface area contributed by atoms with Crippen molar-refractivity contribution < 1.29 is 14.3 Å². The van der Waals surface area contributed by atoms with Crippen molar-refractivity contribution in [1.82, 2.24) is 15.1 Å². The Morgan fingerprint density at radius 1 is 1.48 bits per heavy atom. The van der Waals surface area contributed by atoms with E-state index in [1.54, 1.807) is 16.7 Å². The normalized spacial score (nSPS) is 29.2. The van der Waals surface area contributed by atoms with Crippen LogP contribution in [0, 0.1) is 0 Å². The second kappa shape index (κ2) is 8.03. The maximum Gasteiger partial charge on any atom is 0.325 e. The van der Waals surface area contributed by atoms with E-state index in [4.69, 9.17) is 9.47 Å². The highest BCUT2D eigenvalue weighted by atomic mass is 32.2. The molecule has 2 aliphatic rings. The number of hydrogen-bond donors (Lipinski definition) is 1. The minimum atomic E-state index is -0.214. The molecule has 21 heavy (non-hydrogen) atoms. The van der Waals surface area contributed by atoms with E-state index < -0.39 is 0 Å². The molecule has 7 heteroatoms. The van der Waals surface area contributed by atoms with E-state index in [0.29, 0.717) is 13.2 Å². The molecule has 0 radical (unpaired) electrons. The lowest BCUT2D eigenvalue weighted by molar-refractivity contribution is -0.0359. The van der Waals surface area contributed by atoms with Crippen LogP contribution < -0.4 is 5.32 Å². The quantitative estimate of drug-likeness (QED) is 0.774. The first-order valence-electron chi connectivity index (χ1n) is 7.55. The lowest BCUT2D eigenvalue weighted by Crippen LogP contribution is -2.55. The standard InChI is InChI=1S/C14H25N3O3S/c1-4-16(5-2)11-7-8-17(14(18)15-11)12-10-21-13(20-12)9-19-6-3/h7-8,11-13H,4-6,9-10H2,1-3H3,(H,15,18)/t11?,12-,13+/m1/s1. The molecule has 1 N–H and O–H groups in total. The second-order valence-electron chi connectivity index (χ2n) is 4.88. The molecule has 0 aromatic heterocycles. The number of carbonyl (C=O) groups is 1. The van der Waals surface area contributed by atoms with Crippen molar-refractivity contribution in [1.29, 1.82) is 0 Å². The third-order valence-corrected chi connectivity index (χ3v) is 4.74. The molecule has 120 valence electrons. The van der Waals surface area contributed by atoms with Gasteiger partial charge in [-0.2, -0.15) is 0 Å². The molecule has 2 rings (SSSR count). The molecule has 2 heterocycles. The molecule has 3 atom stereocenters. The topological polar surface area (TPSA) is 54.0 Å². The predicted molar refractivity (Wildman–Crippen MR) is 83.8 cm³/mol. The Morgan fingerprint density at radius 2 is 2.24 bits per heavy atom. The summed E-state index contributed by atoms with van der Waals surface area (Å²) in [6.45, 7) is 9.19. The van der Waals surface area contributed by atoms with E-state index in [-0.39, 0.29) is 23.9 Å². The molecule has 0 bridgehead atoms. The van der Waals surface area contributed by atoms with Gasteiger partial charge in [-0.05, 0) is 26.1 Å². The summed E-state index contributed by atoms with van der Waals surface area (Å²) in [5, 5.41) is 3.01. The number of nitrogens with zero attached hydrogens (tertiary/aromatic N) is 2. The Kier molecular flexibility index (Phi) is 6.35. The molecule has 2 amide bonds. The molecule has 0 aromatic rings. The van der Waals surface area contributed by atoms with Gasteiger partial charge >= 0.3 is 6.03 Å². The number of urea groups is 1. The zero-order valence-corrected chi connectivity index (χ0v) is 13.8. The SMILES string of the molecule is CCOC[C@H]1O[C@@H](N2C=CC(N(CC)CC)NC2=O)CS1. The van der Waals surface area contributed by atoms with E-state index in [1.807, 2.05) is 19.2 Å². The van der Waals surface area contributed by atoms with Crippen molar-refractivity contribution >= 4 is 17.8 Å². The van der Waals surface area contributed by atoms with Gasteiger partial charge in [0.2, 0.25) is 0 Å². The molecule has 0 saturated carbocycles. The van der Waals surface area contributed by atoms with Gasteiger partial charge in [0.1, 0.15) is 17.8 Å². The Morgan fingerprint density at radius 3 is 2.86 bits per heavy atom. The summed E-state index contributed by atoms with van der Waals surface area (Å²) in [7, 11) is 0. The van der Waals surface area contributed by atoms with Crippen LogP contribution in [0.1, 0.15) is 20.8 Å². The van der Waals surface area contributed by atoms with Crippen molar-refractivity contribution in [3.63, 3.8) is 0 Å². The molecule has 1 unspecified atom stereocenters. The highest BCUT2D eigenvalue weighted by Crippen LogP contribution is 2.28. The van der Waals surface area contributed by atoms with Crippen LogP contribution in [0.25, 0.3) is 0 Å². The average Bonchev–Trinajstić information content (AvgIpc) is 2.95. The fraction of sp³-hybridized carbons (Fsp3) is 0.786. The van der Waals surface area contributed by atoms with Gasteiger partial charge in [-0.1, -0.05) is 13.8 Å². The molecule has 1 saturated heterocycles. The summed E-state index contributed by atoms with van der Waals surface area (Å²) >= 11 is 1.69. The first-order valence-corrected chi connectivity index (χ1v) is 8.60. The summed E-state index contributed by atoms with van der Waals surface area (Å²) < 4.78 is 11.2. The first kappa shape index (κ1) is 16.6. The largest absolute Gasteiger partial charge is 0.378 e. The fourth-order valence-corrected chi connectivity index (χ4v) is 3.46. The van der Waals surface area contributed by atoms with Crippen LogP contribution in [-0.4, -0.2) is 65.7 Å². The predicted octanol–water partition coefficient (Wildman–Crippen LogP) is 1.65. The number of likely N-dealkylation sites (N-methyl/N-ethyl adjacent to an activating group) is 1. The number of nitrogens with one attached hydrogen (secondary N) is 1. The second-order valence-corrected chi connectivity index (χ2v) is 6.07. The zero-order chi connectivity index (χ0) is 15.2. The monoisotopic (exact) mass is 315 g/mol. The number of rotatable bonds is 7. The van der Waals surface area contributed by atoms with Crippen molar-refractivity contribution in [2.24, 2.45) is 0 Å². The lowest BCUT2D eigenvalue weighted by Gasteiger charge is -2.35. The Bertz CT molecular complexity index is 376. The molecule has 0 spiro atoms. The molecule has 6 nitrogen and oxygen atoms in total. The van der Waals surface area contributed by atoms with Crippen LogP contribution in [0.3, 0.4) is 0 Å². The Labute approximate surface area is 130 Å². The van der Waals surface area contributed by atoms with E-state index >= 15 is 0 Å². The fourth-order valence-electron chi connectivity index (χ4n) is 2.44. The third-order valence-electron chi connectivity index (χ3n) is 3.64. The van der Waals surface area contributed by atoms with Crippen LogP contribution in [0.15, 0.2) is 12.3 Å². The van der Waals surface area contributed by atoms with Crippen LogP contribution in [0.5, 0.6) is 0 Å². The summed E-state index contributed by atoms with van der Waals surface area (Å²) in [6, 6.07) is -0.0999. The summed E-state index contributed by atoms with van der Waals surface area (Å²) in [5.74, 6) is 0.769. The molecule has 2 aliphatic heterocycles. The third kappa shape index (κ3) is 4.12. The smallest absolute Gasteiger partial charge is 0.325 e. The van der Waals surface area contributed by atoms with Gasteiger partial charge in [-0.25, -0.2) is 4.79 Å². The number of ether oxygens (including phenoxy) is 2. The lowest BCUT2D eigenvalue weighted by atomic mass is 10.3. The van der Waals surface area contributed by atoms with E-state index in [0.717, 1.165) is 18.8 Å². The van der Waals surface area contributed by atoms with Gasteiger partial charge in [-0.15, -0.1) is 11.8 Å². The van der Waals surface area contributed by atoms with Gasteiger partial charge in [0.15, 0.2) is 0 Å². The van der Waals surface area contributed by atoms with Crippen molar-refractivity contribution in [3.05, 3.63) is 12.3 Å². The Hall–Kier alpha value is -0.760. The van der Waals surface area contributed by atoms with Gasteiger partial charge in [-0.3, -0.25) is 9.80 Å². The van der Waals surface area contributed by atoms with E-state index in [9.17, 15) is 4.79 Å². The van der Waals surface area contributed by atoms with Gasteiger partial charge < -0.3 is 14.8 Å². The van der Waals surface area contributed by atoms with E-state index in [1.165, 1.54) is 0 Å². The van der Waals surface area contributed by atoms with Gasteiger partial charge in [0.25, 0.3) is 0 Å². The van der Waals surface area contributed by atoms with Crippen molar-refractivity contribution in [2.75, 3.05) is 32.1 Å². The number of thioether (sulfide) groups is 1. The van der Waals surface area contributed by atoms with Crippen LogP contribution in [0.2, 0.25) is 0 Å². The highest BCUT2D eigenvalue weighted by molar-refractivity contribution is 8.00. The Balaban J connectivity index is 1.91. The van der Waals surface area contributed by atoms with Gasteiger partial charge in [0.05, 0.1) is 6.61 Å². The molecular weight excluding hydrogens is 290 g/mol. The van der Waals surface area contributed by atoms with Crippen molar-refractivity contribution in [3.8, 4) is 0 Å². The zero-order valence-electron chi connectivity index (χ0n) is 12.9. The van der Waals surface area contributed by atoms with Crippen LogP contribution in [0.4, 0.5) is 4.79 Å². The average molecular weight is 315 g/mol. The van der Waals surface area contributed by atoms with Crippen molar-refractivity contribution in [2.45, 2.75) is 38.6 Å². The number of hydrogen-bond acceptors (Lipinski definition) is 5. The van der Waals surface area contributed by atoms with Crippen LogP contribution >= 0.6 is 11.8 Å². The summed E-state index contributed by atoms with van der Waals surface area (Å²) in [4.78, 5) is 16.1.